The van der Waals surface area contributed by atoms with Crippen LogP contribution in [-0.2, 0) is 28.1 Å². The van der Waals surface area contributed by atoms with Crippen LogP contribution in [0.3, 0.4) is 0 Å². The summed E-state index contributed by atoms with van der Waals surface area (Å²) in [5.41, 5.74) is -0.734. The predicted molar refractivity (Wildman–Crippen MR) is 83.4 cm³/mol. The van der Waals surface area contributed by atoms with Crippen molar-refractivity contribution in [3.8, 4) is 0 Å². The van der Waals surface area contributed by atoms with Crippen molar-refractivity contribution in [3.05, 3.63) is 0 Å². The van der Waals surface area contributed by atoms with Gasteiger partial charge in [0.25, 0.3) is 5.97 Å². The number of Topliss-reactive ketones (excluding diaryl/α,β-unsaturated/α-hetero) is 1. The molecule has 0 aromatic rings. The molecule has 0 aliphatic heterocycles. The Balaban J connectivity index is 4.68. The summed E-state index contributed by atoms with van der Waals surface area (Å²) in [5.74, 6) is -2.86. The van der Waals surface area contributed by atoms with Crippen LogP contribution < -0.4 is 5.32 Å². The van der Waals surface area contributed by atoms with Crippen LogP contribution in [-0.4, -0.2) is 49.4 Å². The Labute approximate surface area is 142 Å². The number of hydrogen-bond donors (Lipinski definition) is 1. The lowest BCUT2D eigenvalue weighted by Crippen LogP contribution is -2.44. The van der Waals surface area contributed by atoms with E-state index in [0.717, 1.165) is 0 Å². The van der Waals surface area contributed by atoms with E-state index in [1.54, 1.807) is 34.6 Å². The highest BCUT2D eigenvalue weighted by Crippen LogP contribution is 2.28. The number of ether oxygens (including phenoxy) is 3. The molecular formula is C14H25FNO7P. The van der Waals surface area contributed by atoms with Crippen molar-refractivity contribution in [2.45, 2.75) is 58.8 Å². The van der Waals surface area contributed by atoms with Crippen molar-refractivity contribution in [2.75, 3.05) is 19.8 Å². The minimum atomic E-state index is -2.06. The van der Waals surface area contributed by atoms with Gasteiger partial charge in [-0.15, -0.1) is 0 Å². The third-order valence-corrected chi connectivity index (χ3v) is 2.84. The van der Waals surface area contributed by atoms with Crippen LogP contribution in [0.15, 0.2) is 0 Å². The van der Waals surface area contributed by atoms with Gasteiger partial charge >= 0.3 is 14.8 Å². The van der Waals surface area contributed by atoms with Crippen LogP contribution in [0.5, 0.6) is 0 Å². The highest BCUT2D eigenvalue weighted by atomic mass is 31.1. The number of nitrogens with one attached hydrogen (secondary N) is 1. The average molecular weight is 369 g/mol. The number of alkyl carbamates (subject to hydrolysis) is 1. The summed E-state index contributed by atoms with van der Waals surface area (Å²) < 4.78 is 44.9. The van der Waals surface area contributed by atoms with Crippen molar-refractivity contribution in [2.24, 2.45) is 0 Å². The maximum absolute atomic E-state index is 14.2. The van der Waals surface area contributed by atoms with Gasteiger partial charge < -0.3 is 19.5 Å². The van der Waals surface area contributed by atoms with E-state index in [4.69, 9.17) is 18.7 Å². The van der Waals surface area contributed by atoms with Gasteiger partial charge in [0.2, 0.25) is 0 Å². The maximum atomic E-state index is 14.2. The number of rotatable bonds is 11. The van der Waals surface area contributed by atoms with E-state index in [1.165, 1.54) is 0 Å². The molecule has 0 spiro atoms. The molecule has 0 aliphatic carbocycles. The molecule has 0 aromatic heterocycles. The zero-order valence-electron chi connectivity index (χ0n) is 14.6. The van der Waals surface area contributed by atoms with E-state index < -0.39 is 51.3 Å². The van der Waals surface area contributed by atoms with Gasteiger partial charge in [0.1, 0.15) is 5.60 Å². The molecule has 24 heavy (non-hydrogen) atoms. The fourth-order valence-corrected chi connectivity index (χ4v) is 1.96. The molecule has 10 heteroatoms. The molecule has 0 fully saturated rings. The highest BCUT2D eigenvalue weighted by Gasteiger charge is 2.39. The second kappa shape index (κ2) is 10.7. The van der Waals surface area contributed by atoms with Crippen LogP contribution in [0.4, 0.5) is 9.18 Å². The van der Waals surface area contributed by atoms with Crippen molar-refractivity contribution >= 4 is 20.6 Å². The summed E-state index contributed by atoms with van der Waals surface area (Å²) >= 11 is 0. The number of hydrogen-bond acceptors (Lipinski definition) is 7. The Kier molecular flexibility index (Phi) is 10.1. The molecule has 1 amide bonds. The van der Waals surface area contributed by atoms with E-state index in [9.17, 15) is 18.5 Å². The molecule has 1 atom stereocenters. The zero-order chi connectivity index (χ0) is 18.8. The van der Waals surface area contributed by atoms with E-state index >= 15 is 0 Å². The Morgan fingerprint density at radius 1 is 1.17 bits per heavy atom. The van der Waals surface area contributed by atoms with Crippen LogP contribution in [0.2, 0.25) is 0 Å². The van der Waals surface area contributed by atoms with Gasteiger partial charge in [0.05, 0.1) is 13.0 Å². The Morgan fingerprint density at radius 2 is 1.71 bits per heavy atom. The molecule has 0 saturated heterocycles. The van der Waals surface area contributed by atoms with Crippen molar-refractivity contribution in [3.63, 3.8) is 0 Å². The minimum Gasteiger partial charge on any atom is -0.444 e. The first-order valence-electron chi connectivity index (χ1n) is 7.51. The molecular weight excluding hydrogens is 344 g/mol. The molecule has 140 valence electrons. The Bertz CT molecular complexity index is 422. The molecule has 0 heterocycles. The van der Waals surface area contributed by atoms with Gasteiger partial charge in [-0.25, -0.2) is 18.3 Å². The normalized spacial score (nSPS) is 13.6. The largest absolute Gasteiger partial charge is 0.444 e. The molecule has 1 unspecified atom stereocenters. The lowest BCUT2D eigenvalue weighted by Gasteiger charge is -2.30. The van der Waals surface area contributed by atoms with Crippen molar-refractivity contribution in [1.29, 1.82) is 0 Å². The highest BCUT2D eigenvalue weighted by molar-refractivity contribution is 7.17. The van der Waals surface area contributed by atoms with Gasteiger partial charge in [0.15, 0.2) is 12.0 Å². The average Bonchev–Trinajstić information content (AvgIpc) is 2.43. The number of halogens is 1. The standard InChI is InChI=1S/C14H25FNO7P/c1-6-20-14(21-7-2,23-24-19)8-10(15)11(17)9-16-12(18)22-13(3,4)5/h10H,6-9H2,1-5H3,(H,16,18). The lowest BCUT2D eigenvalue weighted by molar-refractivity contribution is -0.344. The number of carbonyl (C=O) groups is 2. The summed E-state index contributed by atoms with van der Waals surface area (Å²) in [6.07, 6.45) is -3.52. The monoisotopic (exact) mass is 369 g/mol. The van der Waals surface area contributed by atoms with Gasteiger partial charge in [-0.2, -0.15) is 0 Å². The van der Waals surface area contributed by atoms with Crippen LogP contribution >= 0.6 is 8.69 Å². The molecule has 0 aromatic carbocycles. The summed E-state index contributed by atoms with van der Waals surface area (Å²) in [6.45, 7) is 7.80. The molecule has 1 N–H and O–H groups in total. The third kappa shape index (κ3) is 9.22. The fraction of sp³-hybridized carbons (Fsp3) is 0.857. The summed E-state index contributed by atoms with van der Waals surface area (Å²) in [6, 6.07) is 0. The molecule has 0 bridgehead atoms. The summed E-state index contributed by atoms with van der Waals surface area (Å²) in [4.78, 5) is 23.3. The van der Waals surface area contributed by atoms with E-state index in [-0.39, 0.29) is 13.2 Å². The van der Waals surface area contributed by atoms with Gasteiger partial charge in [-0.05, 0) is 34.6 Å². The van der Waals surface area contributed by atoms with E-state index in [2.05, 4.69) is 5.32 Å². The number of carbonyl (C=O) groups excluding carboxylic acids is 2. The molecule has 0 rings (SSSR count). The third-order valence-electron chi connectivity index (χ3n) is 2.49. The lowest BCUT2D eigenvalue weighted by atomic mass is 10.1. The second-order valence-electron chi connectivity index (χ2n) is 5.71. The number of alkyl halides is 1. The first kappa shape index (κ1) is 22.9. The topological polar surface area (TPSA) is 100 Å². The van der Waals surface area contributed by atoms with Gasteiger partial charge in [0, 0.05) is 13.2 Å². The molecule has 0 radical (unpaired) electrons. The number of amides is 1. The first-order chi connectivity index (χ1) is 11.1. The van der Waals surface area contributed by atoms with E-state index in [0.29, 0.717) is 0 Å². The molecule has 8 nitrogen and oxygen atoms in total. The van der Waals surface area contributed by atoms with E-state index in [1.807, 2.05) is 0 Å². The van der Waals surface area contributed by atoms with Gasteiger partial charge in [-0.3, -0.25) is 4.79 Å². The minimum absolute atomic E-state index is 0.0899. The predicted octanol–water partition coefficient (Wildman–Crippen LogP) is 2.76. The smallest absolute Gasteiger partial charge is 0.408 e. The molecule has 0 aliphatic rings. The van der Waals surface area contributed by atoms with Crippen molar-refractivity contribution < 1.29 is 37.3 Å². The fourth-order valence-electron chi connectivity index (χ4n) is 1.66. The number of ketones is 1. The summed E-state index contributed by atoms with van der Waals surface area (Å²) in [5, 5.41) is 2.17. The Hall–Kier alpha value is -1.15. The quantitative estimate of drug-likeness (QED) is 0.441. The zero-order valence-corrected chi connectivity index (χ0v) is 15.5. The van der Waals surface area contributed by atoms with Gasteiger partial charge in [-0.1, -0.05) is 0 Å². The first-order valence-corrected chi connectivity index (χ1v) is 8.24. The van der Waals surface area contributed by atoms with Crippen LogP contribution in [0.25, 0.3) is 0 Å². The molecule has 0 saturated carbocycles. The van der Waals surface area contributed by atoms with Crippen LogP contribution in [0.1, 0.15) is 41.0 Å². The summed E-state index contributed by atoms with van der Waals surface area (Å²) in [7, 11) is -0.778. The SMILES string of the molecule is CCOC(CC(F)C(=O)CNC(=O)OC(C)(C)C)(OCC)OP=O. The van der Waals surface area contributed by atoms with Crippen molar-refractivity contribution in [1.82, 2.24) is 5.32 Å². The Morgan fingerprint density at radius 3 is 2.12 bits per heavy atom. The maximum Gasteiger partial charge on any atom is 0.408 e. The second-order valence-corrected chi connectivity index (χ2v) is 6.04. The van der Waals surface area contributed by atoms with Crippen LogP contribution in [0, 0.1) is 0 Å².